The third-order valence-electron chi connectivity index (χ3n) is 3.24. The second kappa shape index (κ2) is 6.93. The first-order chi connectivity index (χ1) is 8.93. The quantitative estimate of drug-likeness (QED) is 0.730. The topological polar surface area (TPSA) is 75.3 Å². The maximum absolute atomic E-state index is 12.3. The molecule has 0 heterocycles. The van der Waals surface area contributed by atoms with Gasteiger partial charge in [-0.3, -0.25) is 4.79 Å². The predicted octanol–water partition coefficient (Wildman–Crippen LogP) is 1.09. The highest BCUT2D eigenvalue weighted by atomic mass is 32.2. The highest BCUT2D eigenvalue weighted by Crippen LogP contribution is 2.19. The Morgan fingerprint density at radius 3 is 2.53 bits per heavy atom. The highest BCUT2D eigenvalue weighted by Gasteiger charge is 2.32. The Hall–Kier alpha value is -1.04. The molecule has 1 aromatic carbocycles. The second-order valence-corrected chi connectivity index (χ2v) is 5.86. The summed E-state index contributed by atoms with van der Waals surface area (Å²) in [5.41, 5.74) is 5.82. The van der Waals surface area contributed by atoms with E-state index in [-0.39, 0.29) is 23.8 Å². The number of nitrogens with one attached hydrogen (secondary N) is 1. The van der Waals surface area contributed by atoms with Crippen molar-refractivity contribution in [1.29, 1.82) is 0 Å². The number of hydrogen-bond donors (Lipinski definition) is 3. The zero-order valence-corrected chi connectivity index (χ0v) is 12.4. The molecule has 0 radical (unpaired) electrons. The van der Waals surface area contributed by atoms with Crippen LogP contribution in [0.15, 0.2) is 30.3 Å². The summed E-state index contributed by atoms with van der Waals surface area (Å²) in [6.07, 6.45) is 1.91. The highest BCUT2D eigenvalue weighted by molar-refractivity contribution is 7.99. The molecule has 5 heteroatoms. The summed E-state index contributed by atoms with van der Waals surface area (Å²) in [5.74, 6) is -0.237. The van der Waals surface area contributed by atoms with Crippen molar-refractivity contribution in [2.75, 3.05) is 12.9 Å². The van der Waals surface area contributed by atoms with Crippen molar-refractivity contribution >= 4 is 17.7 Å². The van der Waals surface area contributed by atoms with Gasteiger partial charge in [0.25, 0.3) is 0 Å². The van der Waals surface area contributed by atoms with Crippen LogP contribution in [-0.2, 0) is 10.3 Å². The van der Waals surface area contributed by atoms with Gasteiger partial charge in [-0.15, -0.1) is 0 Å². The lowest BCUT2D eigenvalue weighted by molar-refractivity contribution is -0.126. The molecule has 0 fully saturated rings. The van der Waals surface area contributed by atoms with Crippen molar-refractivity contribution in [2.24, 2.45) is 5.73 Å². The average Bonchev–Trinajstić information content (AvgIpc) is 2.41. The van der Waals surface area contributed by atoms with E-state index in [1.165, 1.54) is 11.8 Å². The lowest BCUT2D eigenvalue weighted by atomic mass is 9.92. The number of aliphatic hydroxyl groups is 1. The summed E-state index contributed by atoms with van der Waals surface area (Å²) in [6, 6.07) is 9.13. The van der Waals surface area contributed by atoms with Crippen molar-refractivity contribution in [3.8, 4) is 0 Å². The van der Waals surface area contributed by atoms with E-state index in [0.717, 1.165) is 5.56 Å². The molecule has 3 atom stereocenters. The maximum Gasteiger partial charge on any atom is 0.244 e. The van der Waals surface area contributed by atoms with Gasteiger partial charge in [-0.2, -0.15) is 11.8 Å². The maximum atomic E-state index is 12.3. The fourth-order valence-electron chi connectivity index (χ4n) is 1.80. The third kappa shape index (κ3) is 3.96. The molecule has 1 amide bonds. The normalized spacial score (nSPS) is 17.3. The first kappa shape index (κ1) is 16.0. The van der Waals surface area contributed by atoms with Crippen molar-refractivity contribution < 1.29 is 9.90 Å². The van der Waals surface area contributed by atoms with Gasteiger partial charge in [-0.1, -0.05) is 30.3 Å². The van der Waals surface area contributed by atoms with Gasteiger partial charge in [0.15, 0.2) is 0 Å². The molecule has 0 aliphatic rings. The van der Waals surface area contributed by atoms with Crippen molar-refractivity contribution in [3.05, 3.63) is 35.9 Å². The molecule has 106 valence electrons. The summed E-state index contributed by atoms with van der Waals surface area (Å²) >= 11 is 1.52. The molecule has 1 rings (SSSR count). The number of aliphatic hydroxyl groups excluding tert-OH is 1. The second-order valence-electron chi connectivity index (χ2n) is 4.79. The Morgan fingerprint density at radius 1 is 1.47 bits per heavy atom. The van der Waals surface area contributed by atoms with Crippen LogP contribution < -0.4 is 11.1 Å². The van der Waals surface area contributed by atoms with Gasteiger partial charge in [-0.25, -0.2) is 0 Å². The Bertz CT molecular complexity index is 405. The van der Waals surface area contributed by atoms with Crippen LogP contribution in [0, 0.1) is 0 Å². The van der Waals surface area contributed by atoms with E-state index < -0.39 is 5.54 Å². The molecule has 19 heavy (non-hydrogen) atoms. The molecule has 0 spiro atoms. The van der Waals surface area contributed by atoms with Crippen LogP contribution >= 0.6 is 11.8 Å². The van der Waals surface area contributed by atoms with Crippen molar-refractivity contribution in [2.45, 2.75) is 30.7 Å². The van der Waals surface area contributed by atoms with Crippen LogP contribution in [0.5, 0.6) is 0 Å². The number of nitrogens with two attached hydrogens (primary N) is 1. The van der Waals surface area contributed by atoms with E-state index >= 15 is 0 Å². The summed E-state index contributed by atoms with van der Waals surface area (Å²) in [5, 5.41) is 12.1. The minimum absolute atomic E-state index is 0.0231. The molecular formula is C14H22N2O2S. The van der Waals surface area contributed by atoms with Crippen LogP contribution in [0.2, 0.25) is 0 Å². The van der Waals surface area contributed by atoms with Crippen LogP contribution in [0.3, 0.4) is 0 Å². The van der Waals surface area contributed by atoms with Crippen LogP contribution in [0.4, 0.5) is 0 Å². The zero-order chi connectivity index (χ0) is 14.5. The van der Waals surface area contributed by atoms with Gasteiger partial charge in [-0.05, 0) is 25.7 Å². The number of hydrogen-bond acceptors (Lipinski definition) is 4. The molecule has 4 nitrogen and oxygen atoms in total. The fraction of sp³-hybridized carbons (Fsp3) is 0.500. The lowest BCUT2D eigenvalue weighted by Gasteiger charge is -2.28. The van der Waals surface area contributed by atoms with Gasteiger partial charge >= 0.3 is 0 Å². The fourth-order valence-corrected chi connectivity index (χ4v) is 2.43. The lowest BCUT2D eigenvalue weighted by Crippen LogP contribution is -2.53. The van der Waals surface area contributed by atoms with E-state index in [1.807, 2.05) is 43.5 Å². The number of carbonyl (C=O) groups is 1. The van der Waals surface area contributed by atoms with E-state index in [2.05, 4.69) is 5.32 Å². The average molecular weight is 282 g/mol. The Kier molecular flexibility index (Phi) is 5.85. The van der Waals surface area contributed by atoms with E-state index in [4.69, 9.17) is 5.73 Å². The Balaban J connectivity index is 2.77. The summed E-state index contributed by atoms with van der Waals surface area (Å²) in [6.45, 7) is 3.59. The molecule has 1 aromatic rings. The Morgan fingerprint density at radius 2 is 2.05 bits per heavy atom. The SMILES string of the molecule is CSC(CO)C(C)NC(=O)C(C)(N)c1ccccc1. The standard InChI is InChI=1S/C14H22N2O2S/c1-10(12(9-17)19-3)16-13(18)14(2,15)11-7-5-4-6-8-11/h4-8,10,12,17H,9,15H2,1-3H3,(H,16,18). The molecule has 0 bridgehead atoms. The molecular weight excluding hydrogens is 260 g/mol. The molecule has 0 aliphatic carbocycles. The van der Waals surface area contributed by atoms with Crippen LogP contribution in [0.25, 0.3) is 0 Å². The minimum Gasteiger partial charge on any atom is -0.395 e. The van der Waals surface area contributed by atoms with Crippen molar-refractivity contribution in [3.63, 3.8) is 0 Å². The smallest absolute Gasteiger partial charge is 0.244 e. The number of carbonyl (C=O) groups excluding carboxylic acids is 1. The minimum atomic E-state index is -1.08. The molecule has 4 N–H and O–H groups in total. The predicted molar refractivity (Wildman–Crippen MR) is 80.0 cm³/mol. The number of thioether (sulfide) groups is 1. The molecule has 0 aliphatic heterocycles. The van der Waals surface area contributed by atoms with Crippen molar-refractivity contribution in [1.82, 2.24) is 5.32 Å². The molecule has 0 aromatic heterocycles. The van der Waals surface area contributed by atoms with E-state index in [1.54, 1.807) is 6.92 Å². The van der Waals surface area contributed by atoms with Crippen LogP contribution in [0.1, 0.15) is 19.4 Å². The largest absolute Gasteiger partial charge is 0.395 e. The summed E-state index contributed by atoms with van der Waals surface area (Å²) in [7, 11) is 0. The van der Waals surface area contributed by atoms with Gasteiger partial charge < -0.3 is 16.2 Å². The number of amides is 1. The Labute approximate surface area is 118 Å². The number of rotatable bonds is 6. The zero-order valence-electron chi connectivity index (χ0n) is 11.6. The number of benzene rings is 1. The summed E-state index contributed by atoms with van der Waals surface area (Å²) in [4.78, 5) is 12.3. The first-order valence-electron chi connectivity index (χ1n) is 6.22. The molecule has 3 unspecified atom stereocenters. The third-order valence-corrected chi connectivity index (χ3v) is 4.41. The van der Waals surface area contributed by atoms with E-state index in [0.29, 0.717) is 0 Å². The summed E-state index contributed by atoms with van der Waals surface area (Å²) < 4.78 is 0. The molecule has 0 saturated heterocycles. The van der Waals surface area contributed by atoms with Gasteiger partial charge in [0.2, 0.25) is 5.91 Å². The van der Waals surface area contributed by atoms with Gasteiger partial charge in [0.1, 0.15) is 5.54 Å². The molecule has 0 saturated carbocycles. The van der Waals surface area contributed by atoms with Crippen LogP contribution in [-0.4, -0.2) is 35.2 Å². The van der Waals surface area contributed by atoms with Gasteiger partial charge in [0.05, 0.1) is 6.61 Å². The first-order valence-corrected chi connectivity index (χ1v) is 7.51. The van der Waals surface area contributed by atoms with Gasteiger partial charge in [0, 0.05) is 11.3 Å². The van der Waals surface area contributed by atoms with E-state index in [9.17, 15) is 9.90 Å². The monoisotopic (exact) mass is 282 g/mol.